The van der Waals surface area contributed by atoms with Crippen LogP contribution in [0.15, 0.2) is 29.3 Å². The van der Waals surface area contributed by atoms with Gasteiger partial charge in [0, 0.05) is 25.9 Å². The van der Waals surface area contributed by atoms with Gasteiger partial charge in [-0.05, 0) is 62.0 Å². The summed E-state index contributed by atoms with van der Waals surface area (Å²) >= 11 is -1.49. The lowest BCUT2D eigenvalue weighted by Gasteiger charge is -2.15. The van der Waals surface area contributed by atoms with Crippen molar-refractivity contribution in [2.75, 3.05) is 18.6 Å². The second kappa shape index (κ2) is 9.72. The number of aryl methyl sites for hydroxylation is 2. The Morgan fingerprint density at radius 3 is 2.73 bits per heavy atom. The van der Waals surface area contributed by atoms with Crippen LogP contribution in [0, 0.1) is 18.6 Å². The summed E-state index contributed by atoms with van der Waals surface area (Å²) in [5, 5.41) is 0. The van der Waals surface area contributed by atoms with E-state index in [-0.39, 0.29) is 11.0 Å². The van der Waals surface area contributed by atoms with Crippen molar-refractivity contribution in [2.24, 2.45) is 0 Å². The number of hydrogen-bond acceptors (Lipinski definition) is 5. The first-order chi connectivity index (χ1) is 14.3. The van der Waals surface area contributed by atoms with Crippen molar-refractivity contribution < 1.29 is 18.1 Å². The van der Waals surface area contributed by atoms with Crippen molar-refractivity contribution in [3.63, 3.8) is 0 Å². The number of nitrogens with zero attached hydrogens (tertiary/aromatic N) is 3. The van der Waals surface area contributed by atoms with Crippen molar-refractivity contribution in [2.45, 2.75) is 50.7 Å². The maximum absolute atomic E-state index is 13.8. The number of aromatic nitrogens is 3. The van der Waals surface area contributed by atoms with Gasteiger partial charge in [-0.2, -0.15) is 0 Å². The summed E-state index contributed by atoms with van der Waals surface area (Å²) in [6, 6.07) is 3.14. The Morgan fingerprint density at radius 2 is 2.03 bits per heavy atom. The highest BCUT2D eigenvalue weighted by Crippen LogP contribution is 2.28. The molecule has 0 aliphatic carbocycles. The number of ether oxygens (including phenoxy) is 1. The number of methoxy groups -OCH3 is 1. The van der Waals surface area contributed by atoms with E-state index in [1.54, 1.807) is 13.3 Å². The third kappa shape index (κ3) is 4.74. The van der Waals surface area contributed by atoms with Gasteiger partial charge in [0.15, 0.2) is 16.5 Å². The molecule has 9 heteroatoms. The molecule has 2 atom stereocenters. The van der Waals surface area contributed by atoms with Crippen molar-refractivity contribution in [1.29, 1.82) is 0 Å². The molecule has 2 aromatic heterocycles. The van der Waals surface area contributed by atoms with Crippen LogP contribution in [0.4, 0.5) is 14.6 Å². The van der Waals surface area contributed by atoms with Crippen LogP contribution in [-0.2, 0) is 22.5 Å². The molecular weight excluding hydrogens is 410 g/mol. The number of imidazole rings is 1. The molecule has 0 spiro atoms. The molecule has 162 valence electrons. The molecule has 30 heavy (non-hydrogen) atoms. The van der Waals surface area contributed by atoms with Gasteiger partial charge >= 0.3 is 0 Å². The van der Waals surface area contributed by atoms with Gasteiger partial charge < -0.3 is 19.6 Å². The molecule has 2 heterocycles. The zero-order chi connectivity index (χ0) is 21.8. The summed E-state index contributed by atoms with van der Waals surface area (Å²) in [7, 11) is 1.63. The summed E-state index contributed by atoms with van der Waals surface area (Å²) in [5.74, 6) is 0.0544. The highest BCUT2D eigenvalue weighted by Gasteiger charge is 2.20. The minimum Gasteiger partial charge on any atom is -0.611 e. The average molecular weight is 437 g/mol. The molecule has 0 saturated carbocycles. The Labute approximate surface area is 177 Å². The molecule has 2 unspecified atom stereocenters. The van der Waals surface area contributed by atoms with E-state index >= 15 is 0 Å². The van der Waals surface area contributed by atoms with Gasteiger partial charge in [-0.1, -0.05) is 0 Å². The third-order valence-corrected chi connectivity index (χ3v) is 6.56. The number of rotatable bonds is 9. The Morgan fingerprint density at radius 1 is 1.27 bits per heavy atom. The quantitative estimate of drug-likeness (QED) is 0.399. The maximum atomic E-state index is 13.8. The van der Waals surface area contributed by atoms with E-state index in [9.17, 15) is 13.3 Å². The smallest absolute Gasteiger partial charge is 0.188 e. The largest absolute Gasteiger partial charge is 0.611 e. The van der Waals surface area contributed by atoms with Crippen LogP contribution >= 0.6 is 0 Å². The maximum Gasteiger partial charge on any atom is 0.188 e. The van der Waals surface area contributed by atoms with Gasteiger partial charge in [0.05, 0.1) is 5.52 Å². The van der Waals surface area contributed by atoms with Crippen LogP contribution in [-0.4, -0.2) is 32.0 Å². The van der Waals surface area contributed by atoms with E-state index < -0.39 is 22.8 Å². The second-order valence-corrected chi connectivity index (χ2v) is 8.75. The van der Waals surface area contributed by atoms with Crippen molar-refractivity contribution >= 4 is 28.0 Å². The molecular formula is C21H26F2N4O2S. The summed E-state index contributed by atoms with van der Waals surface area (Å²) < 4.78 is 46.6. The van der Waals surface area contributed by atoms with Crippen LogP contribution in [0.3, 0.4) is 0 Å². The Bertz CT molecular complexity index is 1030. The van der Waals surface area contributed by atoms with E-state index in [1.165, 1.54) is 6.07 Å². The fourth-order valence-electron chi connectivity index (χ4n) is 3.43. The summed E-state index contributed by atoms with van der Waals surface area (Å²) in [6.07, 6.45) is 3.81. The fourth-order valence-corrected chi connectivity index (χ4v) is 4.61. The lowest BCUT2D eigenvalue weighted by atomic mass is 10.2. The van der Waals surface area contributed by atoms with Gasteiger partial charge in [0.1, 0.15) is 29.0 Å². The highest BCUT2D eigenvalue weighted by molar-refractivity contribution is 7.91. The van der Waals surface area contributed by atoms with Gasteiger partial charge in [0.2, 0.25) is 0 Å². The average Bonchev–Trinajstić information content (AvgIpc) is 3.10. The van der Waals surface area contributed by atoms with E-state index in [0.717, 1.165) is 41.9 Å². The Hall–Kier alpha value is -2.23. The summed E-state index contributed by atoms with van der Waals surface area (Å²) in [5.41, 5.74) is 8.61. The number of unbranched alkanes of at least 4 members (excludes halogenated alkanes) is 2. The third-order valence-electron chi connectivity index (χ3n) is 5.08. The number of pyridine rings is 1. The van der Waals surface area contributed by atoms with Gasteiger partial charge in [-0.25, -0.2) is 18.7 Å². The molecule has 1 aromatic carbocycles. The topological polar surface area (TPSA) is 89.0 Å². The first-order valence-electron chi connectivity index (χ1n) is 9.81. The Balaban J connectivity index is 1.65. The Kier molecular flexibility index (Phi) is 7.27. The molecule has 0 bridgehead atoms. The van der Waals surface area contributed by atoms with Crippen molar-refractivity contribution in [1.82, 2.24) is 14.5 Å². The molecule has 3 rings (SSSR count). The predicted molar refractivity (Wildman–Crippen MR) is 114 cm³/mol. The standard InChI is InChI=1S/C21H26F2N4O2S/c1-13-12-25-20(24)18-19(13)27(21(26-18)14(2)29-3)9-5-4-6-10-30(28)17-8-7-15(22)11-16(17)23/h7-8,11-12,14H,4-6,9-10H2,1-3H3,(H2,24,25). The lowest BCUT2D eigenvalue weighted by Crippen LogP contribution is -2.11. The normalized spacial score (nSPS) is 13.7. The monoisotopic (exact) mass is 436 g/mol. The summed E-state index contributed by atoms with van der Waals surface area (Å²) in [4.78, 5) is 8.90. The molecule has 3 aromatic rings. The number of benzene rings is 1. The van der Waals surface area contributed by atoms with Gasteiger partial charge in [-0.15, -0.1) is 0 Å². The minimum atomic E-state index is -1.49. The van der Waals surface area contributed by atoms with E-state index in [0.29, 0.717) is 30.1 Å². The molecule has 0 fully saturated rings. The van der Waals surface area contributed by atoms with Crippen LogP contribution in [0.5, 0.6) is 0 Å². The fraction of sp³-hybridized carbons (Fsp3) is 0.429. The number of anilines is 1. The number of hydrogen-bond donors (Lipinski definition) is 1. The van der Waals surface area contributed by atoms with Crippen LogP contribution in [0.25, 0.3) is 11.0 Å². The molecule has 0 saturated heterocycles. The number of halogens is 2. The molecule has 0 aliphatic heterocycles. The molecule has 6 nitrogen and oxygen atoms in total. The van der Waals surface area contributed by atoms with E-state index in [4.69, 9.17) is 10.5 Å². The first kappa shape index (κ1) is 22.5. The van der Waals surface area contributed by atoms with Gasteiger partial charge in [-0.3, -0.25) is 0 Å². The molecule has 0 aliphatic rings. The van der Waals surface area contributed by atoms with Crippen LogP contribution in [0.1, 0.15) is 43.7 Å². The second-order valence-electron chi connectivity index (χ2n) is 7.21. The molecule has 2 N–H and O–H groups in total. The minimum absolute atomic E-state index is 0.0480. The van der Waals surface area contributed by atoms with Gasteiger partial charge in [0.25, 0.3) is 0 Å². The molecule has 0 amide bonds. The molecule has 0 radical (unpaired) electrons. The zero-order valence-electron chi connectivity index (χ0n) is 17.3. The lowest BCUT2D eigenvalue weighted by molar-refractivity contribution is 0.109. The highest BCUT2D eigenvalue weighted by atomic mass is 32.2. The number of nitrogens with two attached hydrogens (primary N) is 1. The van der Waals surface area contributed by atoms with Crippen molar-refractivity contribution in [3.8, 4) is 0 Å². The zero-order valence-corrected chi connectivity index (χ0v) is 18.1. The SMILES string of the molecule is COC(C)c1nc2c(N)ncc(C)c2n1CCCCC[S+]([O-])c1ccc(F)cc1F. The van der Waals surface area contributed by atoms with Crippen molar-refractivity contribution in [3.05, 3.63) is 47.4 Å². The van der Waals surface area contributed by atoms with E-state index in [1.807, 2.05) is 13.8 Å². The first-order valence-corrected chi connectivity index (χ1v) is 11.1. The number of fused-ring (bicyclic) bond motifs is 1. The summed E-state index contributed by atoms with van der Waals surface area (Å²) in [6.45, 7) is 4.59. The van der Waals surface area contributed by atoms with Crippen LogP contribution < -0.4 is 5.73 Å². The predicted octanol–water partition coefficient (Wildman–Crippen LogP) is 4.29. The number of nitrogen functional groups attached to an aromatic ring is 1. The van der Waals surface area contributed by atoms with Crippen LogP contribution in [0.2, 0.25) is 0 Å². The van der Waals surface area contributed by atoms with E-state index in [2.05, 4.69) is 14.5 Å².